The van der Waals surface area contributed by atoms with E-state index in [1.807, 2.05) is 11.8 Å². The molecule has 0 atom stereocenters. The first-order chi connectivity index (χ1) is 12.0. The molecule has 0 unspecified atom stereocenters. The summed E-state index contributed by atoms with van der Waals surface area (Å²) >= 11 is 0. The normalized spacial score (nSPS) is 19.2. The lowest BCUT2D eigenvalue weighted by Gasteiger charge is -2.36. The van der Waals surface area contributed by atoms with Crippen LogP contribution in [0.2, 0.25) is 0 Å². The maximum Gasteiger partial charge on any atom is 0.243 e. The number of likely N-dealkylation sites (tertiary alicyclic amines) is 1. The van der Waals surface area contributed by atoms with Crippen molar-refractivity contribution in [2.45, 2.75) is 19.8 Å². The van der Waals surface area contributed by atoms with Gasteiger partial charge in [0.15, 0.2) is 5.96 Å². The van der Waals surface area contributed by atoms with Crippen molar-refractivity contribution in [3.05, 3.63) is 0 Å². The van der Waals surface area contributed by atoms with E-state index in [9.17, 15) is 9.59 Å². The van der Waals surface area contributed by atoms with Crippen LogP contribution in [-0.4, -0.2) is 110 Å². The molecule has 2 amide bonds. The van der Waals surface area contributed by atoms with E-state index in [1.54, 1.807) is 19.0 Å². The van der Waals surface area contributed by atoms with Gasteiger partial charge in [0.25, 0.3) is 0 Å². The number of hydrogen-bond acceptors (Lipinski definition) is 4. The number of carbonyl (C=O) groups excluding carboxylic acids is 2. The fraction of sp³-hybridized carbons (Fsp3) is 0.824. The van der Waals surface area contributed by atoms with Crippen LogP contribution in [0.5, 0.6) is 0 Å². The molecule has 2 aliphatic heterocycles. The lowest BCUT2D eigenvalue weighted by atomic mass is 10.3. The van der Waals surface area contributed by atoms with Crippen molar-refractivity contribution >= 4 is 17.8 Å². The van der Waals surface area contributed by atoms with Gasteiger partial charge in [-0.25, -0.2) is 4.99 Å². The summed E-state index contributed by atoms with van der Waals surface area (Å²) < 4.78 is 0. The molecule has 2 aliphatic rings. The molecule has 0 saturated carbocycles. The number of likely N-dealkylation sites (N-methyl/N-ethyl adjacent to an activating group) is 1. The number of carbonyl (C=O) groups is 2. The van der Waals surface area contributed by atoms with Crippen molar-refractivity contribution in [3.8, 4) is 0 Å². The zero-order valence-electron chi connectivity index (χ0n) is 15.8. The van der Waals surface area contributed by atoms with Gasteiger partial charge in [-0.15, -0.1) is 0 Å². The summed E-state index contributed by atoms with van der Waals surface area (Å²) in [5, 5.41) is 3.26. The molecule has 0 aromatic heterocycles. The second-order valence-corrected chi connectivity index (χ2v) is 6.81. The first-order valence-electron chi connectivity index (χ1n) is 9.24. The van der Waals surface area contributed by atoms with Gasteiger partial charge in [-0.3, -0.25) is 14.5 Å². The number of hydrogen-bond donors (Lipinski definition) is 1. The minimum Gasteiger partial charge on any atom is -0.357 e. The first kappa shape index (κ1) is 19.5. The third kappa shape index (κ3) is 5.88. The smallest absolute Gasteiger partial charge is 0.243 e. The third-order valence-electron chi connectivity index (χ3n) is 4.69. The van der Waals surface area contributed by atoms with Crippen LogP contribution in [0.4, 0.5) is 0 Å². The highest BCUT2D eigenvalue weighted by Crippen LogP contribution is 2.09. The Morgan fingerprint density at radius 2 is 1.64 bits per heavy atom. The van der Waals surface area contributed by atoms with Crippen molar-refractivity contribution in [3.63, 3.8) is 0 Å². The Bertz CT molecular complexity index is 480. The summed E-state index contributed by atoms with van der Waals surface area (Å²) in [6.07, 6.45) is 2.27. The second-order valence-electron chi connectivity index (χ2n) is 6.81. The minimum absolute atomic E-state index is 0.00903. The van der Waals surface area contributed by atoms with Crippen LogP contribution in [-0.2, 0) is 9.59 Å². The number of amides is 2. The summed E-state index contributed by atoms with van der Waals surface area (Å²) in [5.74, 6) is 1.02. The highest BCUT2D eigenvalue weighted by Gasteiger charge is 2.24. The molecule has 0 aromatic rings. The van der Waals surface area contributed by atoms with Crippen molar-refractivity contribution in [1.29, 1.82) is 0 Å². The van der Waals surface area contributed by atoms with Crippen LogP contribution in [0.15, 0.2) is 4.99 Å². The number of guanidine groups is 1. The molecule has 1 N–H and O–H groups in total. The van der Waals surface area contributed by atoms with Crippen LogP contribution in [0.3, 0.4) is 0 Å². The van der Waals surface area contributed by atoms with Gasteiger partial charge in [0.05, 0.1) is 6.54 Å². The van der Waals surface area contributed by atoms with Crippen LogP contribution < -0.4 is 5.32 Å². The van der Waals surface area contributed by atoms with Crippen molar-refractivity contribution in [2.75, 3.05) is 73.0 Å². The summed E-state index contributed by atoms with van der Waals surface area (Å²) in [6.45, 7) is 8.59. The van der Waals surface area contributed by atoms with Crippen LogP contribution in [0.25, 0.3) is 0 Å². The zero-order valence-corrected chi connectivity index (χ0v) is 15.8. The second kappa shape index (κ2) is 9.60. The fourth-order valence-corrected chi connectivity index (χ4v) is 3.09. The van der Waals surface area contributed by atoms with Crippen LogP contribution >= 0.6 is 0 Å². The Balaban J connectivity index is 1.82. The molecule has 8 heteroatoms. The van der Waals surface area contributed by atoms with E-state index < -0.39 is 0 Å². The fourth-order valence-electron chi connectivity index (χ4n) is 3.09. The lowest BCUT2D eigenvalue weighted by molar-refractivity contribution is -0.131. The van der Waals surface area contributed by atoms with Gasteiger partial charge in [-0.2, -0.15) is 0 Å². The third-order valence-corrected chi connectivity index (χ3v) is 4.69. The molecule has 2 rings (SSSR count). The number of nitrogens with one attached hydrogen (secondary N) is 1. The average Bonchev–Trinajstić information content (AvgIpc) is 3.13. The number of aliphatic imine (C=N–C) groups is 1. The molecule has 0 bridgehead atoms. The molecule has 2 heterocycles. The topological polar surface area (TPSA) is 71.5 Å². The minimum atomic E-state index is -0.00903. The number of rotatable bonds is 5. The molecule has 0 aromatic carbocycles. The Labute approximate surface area is 150 Å². The maximum atomic E-state index is 12.3. The summed E-state index contributed by atoms with van der Waals surface area (Å²) in [6, 6.07) is 0. The Morgan fingerprint density at radius 1 is 1.00 bits per heavy atom. The molecule has 2 saturated heterocycles. The predicted octanol–water partition coefficient (Wildman–Crippen LogP) is -0.720. The van der Waals surface area contributed by atoms with Crippen LogP contribution in [0, 0.1) is 0 Å². The number of nitrogens with zero attached hydrogens (tertiary/aromatic N) is 5. The maximum absolute atomic E-state index is 12.3. The predicted molar refractivity (Wildman–Crippen MR) is 98.5 cm³/mol. The first-order valence-corrected chi connectivity index (χ1v) is 9.24. The molecule has 8 nitrogen and oxygen atoms in total. The van der Waals surface area contributed by atoms with Crippen molar-refractivity contribution in [1.82, 2.24) is 24.9 Å². The zero-order chi connectivity index (χ0) is 18.2. The van der Waals surface area contributed by atoms with E-state index in [1.165, 1.54) is 0 Å². The molecule has 25 heavy (non-hydrogen) atoms. The number of piperazine rings is 1. The van der Waals surface area contributed by atoms with Crippen LogP contribution in [0.1, 0.15) is 19.8 Å². The van der Waals surface area contributed by atoms with E-state index in [4.69, 9.17) is 0 Å². The summed E-state index contributed by atoms with van der Waals surface area (Å²) in [7, 11) is 3.47. The van der Waals surface area contributed by atoms with Gasteiger partial charge in [-0.1, -0.05) is 0 Å². The lowest BCUT2D eigenvalue weighted by Crippen LogP contribution is -2.54. The highest BCUT2D eigenvalue weighted by atomic mass is 16.2. The van der Waals surface area contributed by atoms with Gasteiger partial charge < -0.3 is 20.0 Å². The van der Waals surface area contributed by atoms with Gasteiger partial charge >= 0.3 is 0 Å². The van der Waals surface area contributed by atoms with Gasteiger partial charge in [0, 0.05) is 59.9 Å². The SMILES string of the molecule is CCNC(=NCC(=O)N(C)C)N1CCN(CC(=O)N2CCCC2)CC1. The molecular formula is C17H32N6O2. The van der Waals surface area contributed by atoms with E-state index >= 15 is 0 Å². The molecule has 2 fully saturated rings. The Morgan fingerprint density at radius 3 is 2.20 bits per heavy atom. The monoisotopic (exact) mass is 352 g/mol. The van der Waals surface area contributed by atoms with Gasteiger partial charge in [-0.05, 0) is 19.8 Å². The molecule has 0 aliphatic carbocycles. The molecule has 0 radical (unpaired) electrons. The van der Waals surface area contributed by atoms with Gasteiger partial charge in [0.1, 0.15) is 6.54 Å². The molecule has 0 spiro atoms. The Kier molecular flexibility index (Phi) is 7.49. The van der Waals surface area contributed by atoms with E-state index in [0.29, 0.717) is 6.54 Å². The van der Waals surface area contributed by atoms with E-state index in [0.717, 1.165) is 64.6 Å². The van der Waals surface area contributed by atoms with E-state index in [-0.39, 0.29) is 18.4 Å². The Hall–Kier alpha value is -1.83. The highest BCUT2D eigenvalue weighted by molar-refractivity contribution is 5.85. The van der Waals surface area contributed by atoms with E-state index in [2.05, 4.69) is 20.1 Å². The van der Waals surface area contributed by atoms with Crippen molar-refractivity contribution < 1.29 is 9.59 Å². The molecule has 142 valence electrons. The average molecular weight is 352 g/mol. The summed E-state index contributed by atoms with van der Waals surface area (Å²) in [4.78, 5) is 36.4. The quantitative estimate of drug-likeness (QED) is 0.522. The standard InChI is InChI=1S/C17H32N6O2/c1-4-18-17(19-13-15(24)20(2)3)23-11-9-21(10-12-23)14-16(25)22-7-5-6-8-22/h4-14H2,1-3H3,(H,18,19). The summed E-state index contributed by atoms with van der Waals surface area (Å²) in [5.41, 5.74) is 0. The largest absolute Gasteiger partial charge is 0.357 e. The van der Waals surface area contributed by atoms with Crippen molar-refractivity contribution in [2.24, 2.45) is 4.99 Å². The van der Waals surface area contributed by atoms with Gasteiger partial charge in [0.2, 0.25) is 11.8 Å². The molecular weight excluding hydrogens is 320 g/mol.